The number of amides is 1. The standard InChI is InChI=1S/C14H10BrN3O/c15-10-5-1-2-6-11(10)18-14(19)9-4-3-7-12-13(9)17-8-16-12/h1-8H,(H,16,17)(H,18,19). The van der Waals surface area contributed by atoms with Crippen molar-refractivity contribution in [3.8, 4) is 0 Å². The van der Waals surface area contributed by atoms with Crippen molar-refractivity contribution in [2.24, 2.45) is 0 Å². The van der Waals surface area contributed by atoms with Crippen LogP contribution in [0.4, 0.5) is 5.69 Å². The minimum atomic E-state index is -0.176. The Labute approximate surface area is 118 Å². The van der Waals surface area contributed by atoms with E-state index in [1.807, 2.05) is 36.4 Å². The number of aromatic amines is 1. The first-order chi connectivity index (χ1) is 9.25. The Morgan fingerprint density at radius 3 is 2.84 bits per heavy atom. The molecule has 2 N–H and O–H groups in total. The Morgan fingerprint density at radius 1 is 1.16 bits per heavy atom. The average molecular weight is 316 g/mol. The van der Waals surface area contributed by atoms with Crippen molar-refractivity contribution >= 4 is 38.6 Å². The van der Waals surface area contributed by atoms with E-state index in [0.717, 1.165) is 15.7 Å². The number of hydrogen-bond donors (Lipinski definition) is 2. The fraction of sp³-hybridized carbons (Fsp3) is 0. The van der Waals surface area contributed by atoms with Crippen LogP contribution in [-0.4, -0.2) is 15.9 Å². The van der Waals surface area contributed by atoms with E-state index in [-0.39, 0.29) is 5.91 Å². The van der Waals surface area contributed by atoms with Gasteiger partial charge in [-0.25, -0.2) is 4.98 Å². The van der Waals surface area contributed by atoms with Gasteiger partial charge in [0.1, 0.15) is 5.52 Å². The van der Waals surface area contributed by atoms with Crippen molar-refractivity contribution in [2.45, 2.75) is 0 Å². The van der Waals surface area contributed by atoms with Crippen LogP contribution in [0.1, 0.15) is 10.4 Å². The molecule has 94 valence electrons. The molecule has 3 rings (SSSR count). The molecule has 1 amide bonds. The number of nitrogens with zero attached hydrogens (tertiary/aromatic N) is 1. The Bertz CT molecular complexity index is 751. The number of benzene rings is 2. The predicted octanol–water partition coefficient (Wildman–Crippen LogP) is 3.58. The maximum absolute atomic E-state index is 12.3. The molecule has 0 spiro atoms. The third-order valence-corrected chi connectivity index (χ3v) is 3.51. The number of fused-ring (bicyclic) bond motifs is 1. The number of aromatic nitrogens is 2. The van der Waals surface area contributed by atoms with Crippen LogP contribution in [0.5, 0.6) is 0 Å². The van der Waals surface area contributed by atoms with E-state index < -0.39 is 0 Å². The van der Waals surface area contributed by atoms with E-state index >= 15 is 0 Å². The number of H-pyrrole nitrogens is 1. The second-order valence-corrected chi connectivity index (χ2v) is 4.89. The van der Waals surface area contributed by atoms with Crippen molar-refractivity contribution in [3.05, 3.63) is 58.8 Å². The number of imidazole rings is 1. The fourth-order valence-corrected chi connectivity index (χ4v) is 2.28. The topological polar surface area (TPSA) is 57.8 Å². The maximum Gasteiger partial charge on any atom is 0.257 e. The number of para-hydroxylation sites is 2. The summed E-state index contributed by atoms with van der Waals surface area (Å²) < 4.78 is 0.845. The van der Waals surface area contributed by atoms with E-state index in [1.54, 1.807) is 12.4 Å². The largest absolute Gasteiger partial charge is 0.345 e. The molecule has 0 bridgehead atoms. The van der Waals surface area contributed by atoms with Gasteiger partial charge in [-0.05, 0) is 40.2 Å². The van der Waals surface area contributed by atoms with E-state index in [2.05, 4.69) is 31.2 Å². The van der Waals surface area contributed by atoms with E-state index in [1.165, 1.54) is 0 Å². The summed E-state index contributed by atoms with van der Waals surface area (Å²) in [6.45, 7) is 0. The monoisotopic (exact) mass is 315 g/mol. The number of anilines is 1. The van der Waals surface area contributed by atoms with Gasteiger partial charge < -0.3 is 10.3 Å². The summed E-state index contributed by atoms with van der Waals surface area (Å²) in [5.41, 5.74) is 2.81. The molecule has 19 heavy (non-hydrogen) atoms. The Hall–Kier alpha value is -2.14. The zero-order valence-electron chi connectivity index (χ0n) is 9.85. The summed E-state index contributed by atoms with van der Waals surface area (Å²) in [6.07, 6.45) is 1.58. The van der Waals surface area contributed by atoms with Crippen molar-refractivity contribution in [2.75, 3.05) is 5.32 Å². The van der Waals surface area contributed by atoms with Gasteiger partial charge in [-0.15, -0.1) is 0 Å². The predicted molar refractivity (Wildman–Crippen MR) is 78.2 cm³/mol. The van der Waals surface area contributed by atoms with Crippen LogP contribution in [-0.2, 0) is 0 Å². The molecule has 0 atom stereocenters. The first-order valence-corrected chi connectivity index (χ1v) is 6.53. The number of nitrogens with one attached hydrogen (secondary N) is 2. The Kier molecular flexibility index (Phi) is 3.05. The van der Waals surface area contributed by atoms with Crippen LogP contribution in [0, 0.1) is 0 Å². The number of carbonyl (C=O) groups is 1. The van der Waals surface area contributed by atoms with E-state index in [0.29, 0.717) is 11.1 Å². The molecule has 0 radical (unpaired) electrons. The molecule has 1 heterocycles. The maximum atomic E-state index is 12.3. The highest BCUT2D eigenvalue weighted by Crippen LogP contribution is 2.23. The summed E-state index contributed by atoms with van der Waals surface area (Å²) in [5, 5.41) is 2.87. The molecule has 2 aromatic carbocycles. The first kappa shape index (κ1) is 11.9. The van der Waals surface area contributed by atoms with Gasteiger partial charge in [-0.2, -0.15) is 0 Å². The van der Waals surface area contributed by atoms with Gasteiger partial charge in [0.15, 0.2) is 0 Å². The Balaban J connectivity index is 1.97. The quantitative estimate of drug-likeness (QED) is 0.759. The van der Waals surface area contributed by atoms with Crippen molar-refractivity contribution in [1.82, 2.24) is 9.97 Å². The van der Waals surface area contributed by atoms with Gasteiger partial charge in [-0.1, -0.05) is 18.2 Å². The van der Waals surface area contributed by atoms with Crippen LogP contribution in [0.2, 0.25) is 0 Å². The fourth-order valence-electron chi connectivity index (χ4n) is 1.90. The molecule has 0 saturated carbocycles. The molecule has 1 aromatic heterocycles. The zero-order chi connectivity index (χ0) is 13.2. The van der Waals surface area contributed by atoms with E-state index in [9.17, 15) is 4.79 Å². The lowest BCUT2D eigenvalue weighted by atomic mass is 10.1. The lowest BCUT2D eigenvalue weighted by molar-refractivity contribution is 0.102. The number of carbonyl (C=O) groups excluding carboxylic acids is 1. The van der Waals surface area contributed by atoms with Crippen molar-refractivity contribution < 1.29 is 4.79 Å². The van der Waals surface area contributed by atoms with Gasteiger partial charge >= 0.3 is 0 Å². The highest BCUT2D eigenvalue weighted by molar-refractivity contribution is 9.10. The highest BCUT2D eigenvalue weighted by atomic mass is 79.9. The van der Waals surface area contributed by atoms with Crippen molar-refractivity contribution in [3.63, 3.8) is 0 Å². The Morgan fingerprint density at radius 2 is 2.00 bits per heavy atom. The molecule has 4 nitrogen and oxygen atoms in total. The summed E-state index contributed by atoms with van der Waals surface area (Å²) in [4.78, 5) is 19.5. The number of hydrogen-bond acceptors (Lipinski definition) is 2. The third kappa shape index (κ3) is 2.24. The van der Waals surface area contributed by atoms with Gasteiger partial charge in [0, 0.05) is 4.47 Å². The first-order valence-electron chi connectivity index (χ1n) is 5.73. The van der Waals surface area contributed by atoms with Gasteiger partial charge in [0.25, 0.3) is 5.91 Å². The third-order valence-electron chi connectivity index (χ3n) is 2.82. The molecular formula is C14H10BrN3O. The minimum absolute atomic E-state index is 0.176. The average Bonchev–Trinajstić information content (AvgIpc) is 2.89. The molecule has 0 aliphatic carbocycles. The summed E-state index contributed by atoms with van der Waals surface area (Å²) in [5.74, 6) is -0.176. The van der Waals surface area contributed by atoms with Gasteiger partial charge in [0.2, 0.25) is 0 Å². The van der Waals surface area contributed by atoms with Crippen LogP contribution in [0.3, 0.4) is 0 Å². The molecule has 5 heteroatoms. The molecule has 0 aliphatic rings. The van der Waals surface area contributed by atoms with Gasteiger partial charge in [-0.3, -0.25) is 4.79 Å². The molecule has 3 aromatic rings. The van der Waals surface area contributed by atoms with Crippen LogP contribution in [0.25, 0.3) is 11.0 Å². The molecular weight excluding hydrogens is 306 g/mol. The summed E-state index contributed by atoms with van der Waals surface area (Å²) in [7, 11) is 0. The smallest absolute Gasteiger partial charge is 0.257 e. The SMILES string of the molecule is O=C(Nc1ccccc1Br)c1cccc2[nH]cnc12. The van der Waals surface area contributed by atoms with Gasteiger partial charge in [0.05, 0.1) is 23.1 Å². The molecule has 0 fully saturated rings. The lowest BCUT2D eigenvalue weighted by Crippen LogP contribution is -2.12. The van der Waals surface area contributed by atoms with Crippen LogP contribution < -0.4 is 5.32 Å². The highest BCUT2D eigenvalue weighted by Gasteiger charge is 2.12. The molecule has 0 saturated heterocycles. The minimum Gasteiger partial charge on any atom is -0.345 e. The molecule has 0 unspecified atom stereocenters. The second kappa shape index (κ2) is 4.85. The normalized spacial score (nSPS) is 10.6. The molecule has 0 aliphatic heterocycles. The van der Waals surface area contributed by atoms with Crippen LogP contribution in [0.15, 0.2) is 53.3 Å². The van der Waals surface area contributed by atoms with Crippen molar-refractivity contribution in [1.29, 1.82) is 0 Å². The lowest BCUT2D eigenvalue weighted by Gasteiger charge is -2.07. The van der Waals surface area contributed by atoms with Crippen LogP contribution >= 0.6 is 15.9 Å². The number of rotatable bonds is 2. The van der Waals surface area contributed by atoms with E-state index in [4.69, 9.17) is 0 Å². The zero-order valence-corrected chi connectivity index (χ0v) is 11.4. The second-order valence-electron chi connectivity index (χ2n) is 4.04. The number of halogens is 1. The summed E-state index contributed by atoms with van der Waals surface area (Å²) in [6, 6.07) is 13.0. The summed E-state index contributed by atoms with van der Waals surface area (Å²) >= 11 is 3.40.